The number of furan rings is 1. The number of amides is 3. The number of hydrogen-bond donors (Lipinski definition) is 2. The van der Waals surface area contributed by atoms with E-state index >= 15 is 0 Å². The Kier molecular flexibility index (Phi) is 6.34. The van der Waals surface area contributed by atoms with Crippen molar-refractivity contribution in [3.8, 4) is 0 Å². The van der Waals surface area contributed by atoms with Crippen molar-refractivity contribution in [3.05, 3.63) is 53.7 Å². The molecule has 0 aliphatic carbocycles. The van der Waals surface area contributed by atoms with Gasteiger partial charge in [-0.15, -0.1) is 0 Å². The van der Waals surface area contributed by atoms with Gasteiger partial charge in [-0.05, 0) is 55.5 Å². The maximum absolute atomic E-state index is 12.7. The van der Waals surface area contributed by atoms with Gasteiger partial charge in [-0.25, -0.2) is 4.79 Å². The number of likely N-dealkylation sites (tertiary alicyclic amines) is 1. The van der Waals surface area contributed by atoms with Crippen LogP contribution in [0, 0.1) is 12.8 Å². The molecule has 28 heavy (non-hydrogen) atoms. The van der Waals surface area contributed by atoms with E-state index in [2.05, 4.69) is 29.5 Å². The first-order valence-corrected chi connectivity index (χ1v) is 9.76. The summed E-state index contributed by atoms with van der Waals surface area (Å²) in [5.74, 6) is 1.11. The summed E-state index contributed by atoms with van der Waals surface area (Å²) in [7, 11) is 0. The third-order valence-corrected chi connectivity index (χ3v) is 5.09. The Morgan fingerprint density at radius 1 is 1.14 bits per heavy atom. The number of pyridine rings is 1. The van der Waals surface area contributed by atoms with E-state index in [9.17, 15) is 9.59 Å². The van der Waals surface area contributed by atoms with Crippen LogP contribution in [0.2, 0.25) is 0 Å². The minimum absolute atomic E-state index is 0.0445. The van der Waals surface area contributed by atoms with Gasteiger partial charge in [0.1, 0.15) is 5.76 Å². The maximum atomic E-state index is 12.7. The van der Waals surface area contributed by atoms with Gasteiger partial charge >= 0.3 is 6.03 Å². The summed E-state index contributed by atoms with van der Waals surface area (Å²) in [6.07, 6.45) is 4.93. The lowest BCUT2D eigenvalue weighted by atomic mass is 9.97. The monoisotopic (exact) mass is 384 g/mol. The van der Waals surface area contributed by atoms with Gasteiger partial charge in [0, 0.05) is 31.5 Å². The second-order valence-corrected chi connectivity index (χ2v) is 7.60. The Morgan fingerprint density at radius 2 is 1.82 bits per heavy atom. The summed E-state index contributed by atoms with van der Waals surface area (Å²) < 4.78 is 5.36. The zero-order chi connectivity index (χ0) is 20.1. The number of rotatable bonds is 5. The molecule has 0 radical (unpaired) electrons. The first-order valence-electron chi connectivity index (χ1n) is 9.76. The fourth-order valence-corrected chi connectivity index (χ4v) is 3.47. The van der Waals surface area contributed by atoms with Crippen LogP contribution in [0.1, 0.15) is 54.6 Å². The molecule has 3 rings (SSSR count). The highest BCUT2D eigenvalue weighted by Crippen LogP contribution is 2.22. The summed E-state index contributed by atoms with van der Waals surface area (Å²) in [6, 6.07) is 7.24. The minimum atomic E-state index is -0.200. The van der Waals surface area contributed by atoms with Crippen molar-refractivity contribution in [3.63, 3.8) is 0 Å². The standard InChI is InChI=1S/C21H28N4O3/c1-14(2)19(16-6-10-22-11-7-16)24-21(27)25-12-8-17(9-13-25)23-20(26)18-5-4-15(3)28-18/h4-7,10-11,14,17,19H,8-9,12-13H2,1-3H3,(H,23,26)(H,24,27). The van der Waals surface area contributed by atoms with Crippen LogP contribution < -0.4 is 10.6 Å². The van der Waals surface area contributed by atoms with Crippen molar-refractivity contribution >= 4 is 11.9 Å². The third kappa shape index (κ3) is 4.91. The quantitative estimate of drug-likeness (QED) is 0.828. The van der Waals surface area contributed by atoms with Crippen LogP contribution in [0.25, 0.3) is 0 Å². The second-order valence-electron chi connectivity index (χ2n) is 7.60. The average molecular weight is 384 g/mol. The van der Waals surface area contributed by atoms with Crippen molar-refractivity contribution < 1.29 is 14.0 Å². The van der Waals surface area contributed by atoms with E-state index in [4.69, 9.17) is 4.42 Å². The van der Waals surface area contributed by atoms with Crippen LogP contribution in [0.5, 0.6) is 0 Å². The van der Waals surface area contributed by atoms with E-state index in [1.54, 1.807) is 24.5 Å². The molecule has 1 aliphatic heterocycles. The lowest BCUT2D eigenvalue weighted by Gasteiger charge is -2.34. The Balaban J connectivity index is 1.51. The van der Waals surface area contributed by atoms with Gasteiger partial charge in [-0.2, -0.15) is 0 Å². The maximum Gasteiger partial charge on any atom is 0.317 e. The van der Waals surface area contributed by atoms with Crippen molar-refractivity contribution in [1.29, 1.82) is 0 Å². The highest BCUT2D eigenvalue weighted by atomic mass is 16.3. The molecule has 1 saturated heterocycles. The molecule has 2 aromatic rings. The van der Waals surface area contributed by atoms with Crippen molar-refractivity contribution in [1.82, 2.24) is 20.5 Å². The van der Waals surface area contributed by atoms with E-state index in [1.165, 1.54) is 0 Å². The van der Waals surface area contributed by atoms with Gasteiger partial charge in [0.15, 0.2) is 5.76 Å². The predicted octanol–water partition coefficient (Wildman–Crippen LogP) is 3.28. The minimum Gasteiger partial charge on any atom is -0.456 e. The molecule has 1 fully saturated rings. The Morgan fingerprint density at radius 3 is 2.39 bits per heavy atom. The third-order valence-electron chi connectivity index (χ3n) is 5.09. The van der Waals surface area contributed by atoms with Crippen LogP contribution in [0.15, 0.2) is 41.1 Å². The van der Waals surface area contributed by atoms with E-state index in [0.29, 0.717) is 24.6 Å². The van der Waals surface area contributed by atoms with Crippen molar-refractivity contribution in [2.75, 3.05) is 13.1 Å². The number of carbonyl (C=O) groups is 2. The molecule has 0 spiro atoms. The second kappa shape index (κ2) is 8.91. The lowest BCUT2D eigenvalue weighted by Crippen LogP contribution is -2.50. The van der Waals surface area contributed by atoms with Gasteiger partial charge in [0.25, 0.3) is 5.91 Å². The van der Waals surface area contributed by atoms with Gasteiger partial charge in [0.2, 0.25) is 0 Å². The van der Waals surface area contributed by atoms with E-state index in [-0.39, 0.29) is 29.9 Å². The molecule has 2 aromatic heterocycles. The summed E-state index contributed by atoms with van der Waals surface area (Å²) in [4.78, 5) is 30.8. The van der Waals surface area contributed by atoms with E-state index < -0.39 is 0 Å². The molecule has 3 heterocycles. The molecule has 2 N–H and O–H groups in total. The first-order chi connectivity index (χ1) is 13.4. The van der Waals surface area contributed by atoms with Gasteiger partial charge in [-0.3, -0.25) is 9.78 Å². The van der Waals surface area contributed by atoms with Gasteiger partial charge in [0.05, 0.1) is 6.04 Å². The molecule has 7 nitrogen and oxygen atoms in total. The van der Waals surface area contributed by atoms with Crippen molar-refractivity contribution in [2.24, 2.45) is 5.92 Å². The zero-order valence-corrected chi connectivity index (χ0v) is 16.6. The number of aryl methyl sites for hydroxylation is 1. The Hall–Kier alpha value is -2.83. The largest absolute Gasteiger partial charge is 0.456 e. The predicted molar refractivity (Wildman–Crippen MR) is 106 cm³/mol. The number of carbonyl (C=O) groups excluding carboxylic acids is 2. The van der Waals surface area contributed by atoms with Crippen LogP contribution in [0.3, 0.4) is 0 Å². The lowest BCUT2D eigenvalue weighted by molar-refractivity contribution is 0.0888. The summed E-state index contributed by atoms with van der Waals surface area (Å²) >= 11 is 0. The number of piperidine rings is 1. The molecule has 1 aliphatic rings. The number of nitrogens with zero attached hydrogens (tertiary/aromatic N) is 2. The summed E-state index contributed by atoms with van der Waals surface area (Å²) in [6.45, 7) is 7.20. The fourth-order valence-electron chi connectivity index (χ4n) is 3.47. The Labute approximate surface area is 165 Å². The van der Waals surface area contributed by atoms with Crippen LogP contribution in [-0.4, -0.2) is 41.0 Å². The van der Waals surface area contributed by atoms with Crippen LogP contribution >= 0.6 is 0 Å². The highest BCUT2D eigenvalue weighted by molar-refractivity contribution is 5.91. The summed E-state index contributed by atoms with van der Waals surface area (Å²) in [5, 5.41) is 6.14. The Bertz CT molecular complexity index is 795. The molecule has 150 valence electrons. The molecule has 7 heteroatoms. The van der Waals surface area contributed by atoms with E-state index in [1.807, 2.05) is 24.0 Å². The fraction of sp³-hybridized carbons (Fsp3) is 0.476. The number of aromatic nitrogens is 1. The molecule has 0 saturated carbocycles. The average Bonchev–Trinajstić information content (AvgIpc) is 3.13. The molecule has 1 atom stereocenters. The van der Waals surface area contributed by atoms with Crippen LogP contribution in [-0.2, 0) is 0 Å². The molecule has 0 bridgehead atoms. The summed E-state index contributed by atoms with van der Waals surface area (Å²) in [5.41, 5.74) is 1.05. The number of hydrogen-bond acceptors (Lipinski definition) is 4. The zero-order valence-electron chi connectivity index (χ0n) is 16.6. The number of nitrogens with one attached hydrogen (secondary N) is 2. The first kappa shape index (κ1) is 19.9. The highest BCUT2D eigenvalue weighted by Gasteiger charge is 2.27. The van der Waals surface area contributed by atoms with Gasteiger partial charge in [-0.1, -0.05) is 13.8 Å². The number of urea groups is 1. The molecular formula is C21H28N4O3. The SMILES string of the molecule is Cc1ccc(C(=O)NC2CCN(C(=O)NC(c3ccncc3)C(C)C)CC2)o1. The topological polar surface area (TPSA) is 87.5 Å². The smallest absolute Gasteiger partial charge is 0.317 e. The molecule has 3 amide bonds. The van der Waals surface area contributed by atoms with Crippen molar-refractivity contribution in [2.45, 2.75) is 45.7 Å². The molecule has 1 unspecified atom stereocenters. The van der Waals surface area contributed by atoms with Crippen LogP contribution in [0.4, 0.5) is 4.79 Å². The van der Waals surface area contributed by atoms with Gasteiger partial charge < -0.3 is 20.0 Å². The van der Waals surface area contributed by atoms with E-state index in [0.717, 1.165) is 18.4 Å². The normalized spacial score (nSPS) is 16.1. The molecular weight excluding hydrogens is 356 g/mol. The molecule has 0 aromatic carbocycles.